The Kier molecular flexibility index (Phi) is 5.81. The highest BCUT2D eigenvalue weighted by Gasteiger charge is 2.41. The Morgan fingerprint density at radius 3 is 2.20 bits per heavy atom. The first kappa shape index (κ1) is 16.8. The van der Waals surface area contributed by atoms with Crippen LogP contribution in [0.25, 0.3) is 0 Å². The molecule has 110 valence electrons. The molecule has 1 nitrogen and oxygen atoms in total. The van der Waals surface area contributed by atoms with Crippen LogP contribution in [0.5, 0.6) is 0 Å². The molecular formula is C19H29N. The fraction of sp³-hybridized carbons (Fsp3) is 0.632. The van der Waals surface area contributed by atoms with E-state index in [-0.39, 0.29) is 5.41 Å². The van der Waals surface area contributed by atoms with E-state index < -0.39 is 0 Å². The Hall–Kier alpha value is -1.29. The summed E-state index contributed by atoms with van der Waals surface area (Å²) in [5, 5.41) is 9.14. The standard InChI is InChI=1S/C17H23N.C2H6/c1-12(2)17(13(3)4)9-5-6-15-8-7-14(11-18)10-16(15)17;1-2/h7-8,10,12-13H,5-6,9H2,1-4H3;1-2H3. The Bertz CT molecular complexity index is 469. The number of nitriles is 1. The van der Waals surface area contributed by atoms with Crippen LogP contribution in [-0.4, -0.2) is 0 Å². The van der Waals surface area contributed by atoms with Gasteiger partial charge in [0.1, 0.15) is 0 Å². The van der Waals surface area contributed by atoms with Gasteiger partial charge in [-0.2, -0.15) is 5.26 Å². The third kappa shape index (κ3) is 2.75. The molecule has 0 radical (unpaired) electrons. The zero-order valence-corrected chi connectivity index (χ0v) is 14.0. The predicted molar refractivity (Wildman–Crippen MR) is 86.8 cm³/mol. The highest BCUT2D eigenvalue weighted by Crippen LogP contribution is 2.48. The second-order valence-electron chi connectivity index (χ2n) is 6.19. The average Bonchev–Trinajstić information content (AvgIpc) is 2.47. The maximum absolute atomic E-state index is 9.14. The molecule has 1 aliphatic carbocycles. The van der Waals surface area contributed by atoms with Crippen LogP contribution in [0.2, 0.25) is 0 Å². The zero-order valence-electron chi connectivity index (χ0n) is 14.0. The summed E-state index contributed by atoms with van der Waals surface area (Å²) in [5.41, 5.74) is 3.96. The van der Waals surface area contributed by atoms with Gasteiger partial charge >= 0.3 is 0 Å². The van der Waals surface area contributed by atoms with Gasteiger partial charge in [0, 0.05) is 5.41 Å². The molecule has 0 aliphatic heterocycles. The van der Waals surface area contributed by atoms with Crippen molar-refractivity contribution in [2.24, 2.45) is 11.8 Å². The highest BCUT2D eigenvalue weighted by atomic mass is 14.5. The van der Waals surface area contributed by atoms with Gasteiger partial charge in [-0.05, 0) is 54.4 Å². The fourth-order valence-corrected chi connectivity index (χ4v) is 3.87. The fourth-order valence-electron chi connectivity index (χ4n) is 3.87. The van der Waals surface area contributed by atoms with Crippen LogP contribution in [-0.2, 0) is 11.8 Å². The van der Waals surface area contributed by atoms with Gasteiger partial charge < -0.3 is 0 Å². The van der Waals surface area contributed by atoms with Gasteiger partial charge in [-0.25, -0.2) is 0 Å². The molecule has 0 bridgehead atoms. The first-order valence-electron chi connectivity index (χ1n) is 8.06. The SMILES string of the molecule is CC.CC(C)C1(C(C)C)CCCc2ccc(C#N)cc21. The van der Waals surface area contributed by atoms with Crippen LogP contribution in [0.15, 0.2) is 18.2 Å². The van der Waals surface area contributed by atoms with E-state index in [0.29, 0.717) is 11.8 Å². The molecule has 0 aromatic heterocycles. The van der Waals surface area contributed by atoms with Gasteiger partial charge in [-0.15, -0.1) is 0 Å². The smallest absolute Gasteiger partial charge is 0.0991 e. The van der Waals surface area contributed by atoms with E-state index in [1.54, 1.807) is 0 Å². The summed E-state index contributed by atoms with van der Waals surface area (Å²) in [6, 6.07) is 8.58. The van der Waals surface area contributed by atoms with Crippen molar-refractivity contribution in [3.63, 3.8) is 0 Å². The second kappa shape index (κ2) is 6.93. The van der Waals surface area contributed by atoms with Gasteiger partial charge in [-0.1, -0.05) is 47.6 Å². The summed E-state index contributed by atoms with van der Waals surface area (Å²) in [7, 11) is 0. The average molecular weight is 271 g/mol. The quantitative estimate of drug-likeness (QED) is 0.699. The summed E-state index contributed by atoms with van der Waals surface area (Å²) in [5.74, 6) is 1.23. The minimum atomic E-state index is 0.250. The van der Waals surface area contributed by atoms with E-state index in [2.05, 4.69) is 45.9 Å². The maximum Gasteiger partial charge on any atom is 0.0991 e. The molecule has 0 spiro atoms. The van der Waals surface area contributed by atoms with Gasteiger partial charge in [0.25, 0.3) is 0 Å². The molecule has 1 heteroatoms. The van der Waals surface area contributed by atoms with Crippen LogP contribution >= 0.6 is 0 Å². The molecule has 0 saturated carbocycles. The molecule has 0 fully saturated rings. The number of aryl methyl sites for hydroxylation is 1. The lowest BCUT2D eigenvalue weighted by atomic mass is 9.58. The van der Waals surface area contributed by atoms with Gasteiger partial charge in [-0.3, -0.25) is 0 Å². The lowest BCUT2D eigenvalue weighted by Gasteiger charge is -2.46. The number of hydrogen-bond acceptors (Lipinski definition) is 1. The van der Waals surface area contributed by atoms with Crippen molar-refractivity contribution in [1.29, 1.82) is 5.26 Å². The summed E-state index contributed by atoms with van der Waals surface area (Å²) in [6.07, 6.45) is 3.70. The van der Waals surface area contributed by atoms with E-state index in [4.69, 9.17) is 5.26 Å². The number of rotatable bonds is 2. The Balaban J connectivity index is 0.000000956. The monoisotopic (exact) mass is 271 g/mol. The topological polar surface area (TPSA) is 23.8 Å². The lowest BCUT2D eigenvalue weighted by Crippen LogP contribution is -2.41. The van der Waals surface area contributed by atoms with Crippen molar-refractivity contribution in [2.45, 2.75) is 66.2 Å². The normalized spacial score (nSPS) is 16.1. The van der Waals surface area contributed by atoms with Gasteiger partial charge in [0.05, 0.1) is 11.6 Å². The first-order chi connectivity index (χ1) is 9.52. The third-order valence-corrected chi connectivity index (χ3v) is 4.84. The molecule has 0 amide bonds. The molecule has 1 aromatic carbocycles. The van der Waals surface area contributed by atoms with E-state index in [1.807, 2.05) is 19.9 Å². The van der Waals surface area contributed by atoms with Crippen LogP contribution in [0.4, 0.5) is 0 Å². The van der Waals surface area contributed by atoms with Crippen molar-refractivity contribution in [2.75, 3.05) is 0 Å². The molecule has 20 heavy (non-hydrogen) atoms. The first-order valence-corrected chi connectivity index (χ1v) is 8.06. The van der Waals surface area contributed by atoms with Crippen molar-refractivity contribution >= 4 is 0 Å². The summed E-state index contributed by atoms with van der Waals surface area (Å²) < 4.78 is 0. The van der Waals surface area contributed by atoms with Crippen molar-refractivity contribution in [3.05, 3.63) is 34.9 Å². The van der Waals surface area contributed by atoms with Crippen LogP contribution in [0.3, 0.4) is 0 Å². The molecule has 1 aliphatic rings. The summed E-state index contributed by atoms with van der Waals surface area (Å²) in [4.78, 5) is 0. The lowest BCUT2D eigenvalue weighted by molar-refractivity contribution is 0.186. The summed E-state index contributed by atoms with van der Waals surface area (Å²) in [6.45, 7) is 13.3. The summed E-state index contributed by atoms with van der Waals surface area (Å²) >= 11 is 0. The number of fused-ring (bicyclic) bond motifs is 1. The maximum atomic E-state index is 9.14. The molecule has 0 unspecified atom stereocenters. The van der Waals surface area contributed by atoms with Crippen LogP contribution in [0.1, 0.15) is 71.1 Å². The minimum Gasteiger partial charge on any atom is -0.192 e. The van der Waals surface area contributed by atoms with Crippen LogP contribution < -0.4 is 0 Å². The number of nitrogens with zero attached hydrogens (tertiary/aromatic N) is 1. The molecule has 2 rings (SSSR count). The second-order valence-corrected chi connectivity index (χ2v) is 6.19. The van der Waals surface area contributed by atoms with E-state index in [1.165, 1.54) is 30.4 Å². The van der Waals surface area contributed by atoms with Gasteiger partial charge in [0.2, 0.25) is 0 Å². The van der Waals surface area contributed by atoms with E-state index in [0.717, 1.165) is 5.56 Å². The Labute approximate surface area is 125 Å². The Morgan fingerprint density at radius 2 is 1.70 bits per heavy atom. The molecule has 0 saturated heterocycles. The third-order valence-electron chi connectivity index (χ3n) is 4.84. The Morgan fingerprint density at radius 1 is 1.10 bits per heavy atom. The van der Waals surface area contributed by atoms with Crippen molar-refractivity contribution in [1.82, 2.24) is 0 Å². The van der Waals surface area contributed by atoms with E-state index >= 15 is 0 Å². The molecule has 1 aromatic rings. The molecular weight excluding hydrogens is 242 g/mol. The van der Waals surface area contributed by atoms with Gasteiger partial charge in [0.15, 0.2) is 0 Å². The van der Waals surface area contributed by atoms with Crippen molar-refractivity contribution < 1.29 is 0 Å². The zero-order chi connectivity index (χ0) is 15.3. The van der Waals surface area contributed by atoms with Crippen molar-refractivity contribution in [3.8, 4) is 6.07 Å². The van der Waals surface area contributed by atoms with E-state index in [9.17, 15) is 0 Å². The number of hydrogen-bond donors (Lipinski definition) is 0. The molecule has 0 heterocycles. The largest absolute Gasteiger partial charge is 0.192 e. The predicted octanol–water partition coefficient (Wildman–Crippen LogP) is 5.47. The molecule has 0 N–H and O–H groups in total. The highest BCUT2D eigenvalue weighted by molar-refractivity contribution is 5.44. The minimum absolute atomic E-state index is 0.250. The van der Waals surface area contributed by atoms with Crippen LogP contribution in [0, 0.1) is 23.2 Å². The molecule has 0 atom stereocenters. The number of benzene rings is 1.